The lowest BCUT2D eigenvalue weighted by atomic mass is 10.2. The number of hydrogen-bond donors (Lipinski definition) is 1. The number of fused-ring (bicyclic) bond motifs is 1. The third-order valence-corrected chi connectivity index (χ3v) is 7.34. The second-order valence-electron chi connectivity index (χ2n) is 7.75. The molecular formula is C26H24N2O5S. The first-order valence-corrected chi connectivity index (χ1v) is 12.2. The summed E-state index contributed by atoms with van der Waals surface area (Å²) in [6.45, 7) is 1.80. The van der Waals surface area contributed by atoms with Crippen LogP contribution in [0.1, 0.15) is 12.5 Å². The van der Waals surface area contributed by atoms with Gasteiger partial charge in [0.05, 0.1) is 17.5 Å². The Bertz CT molecular complexity index is 1510. The number of para-hydroxylation sites is 1. The first-order chi connectivity index (χ1) is 16.3. The molecule has 1 heterocycles. The van der Waals surface area contributed by atoms with Gasteiger partial charge in [0.2, 0.25) is 21.2 Å². The van der Waals surface area contributed by atoms with Crippen LogP contribution in [-0.2, 0) is 27.6 Å². The Morgan fingerprint density at radius 2 is 1.65 bits per heavy atom. The van der Waals surface area contributed by atoms with Crippen LogP contribution in [0.2, 0.25) is 0 Å². The van der Waals surface area contributed by atoms with Crippen LogP contribution in [0.4, 0.5) is 5.69 Å². The van der Waals surface area contributed by atoms with Crippen molar-refractivity contribution in [1.29, 1.82) is 0 Å². The monoisotopic (exact) mass is 476 g/mol. The van der Waals surface area contributed by atoms with E-state index in [0.29, 0.717) is 17.0 Å². The van der Waals surface area contributed by atoms with Crippen molar-refractivity contribution in [2.45, 2.75) is 29.7 Å². The summed E-state index contributed by atoms with van der Waals surface area (Å²) < 4.78 is 33.3. The highest BCUT2D eigenvalue weighted by molar-refractivity contribution is 7.91. The van der Waals surface area contributed by atoms with Crippen LogP contribution in [-0.4, -0.2) is 26.0 Å². The van der Waals surface area contributed by atoms with E-state index in [9.17, 15) is 18.0 Å². The van der Waals surface area contributed by atoms with Crippen LogP contribution < -0.4 is 15.5 Å². The molecule has 0 fully saturated rings. The van der Waals surface area contributed by atoms with Crippen molar-refractivity contribution in [3.8, 4) is 5.75 Å². The molecule has 0 saturated carbocycles. The lowest BCUT2D eigenvalue weighted by Crippen LogP contribution is -2.23. The largest absolute Gasteiger partial charge is 0.497 e. The molecule has 7 nitrogen and oxygen atoms in total. The number of aromatic nitrogens is 1. The van der Waals surface area contributed by atoms with E-state index >= 15 is 0 Å². The van der Waals surface area contributed by atoms with Crippen LogP contribution in [0.25, 0.3) is 10.9 Å². The number of nitrogens with one attached hydrogen (secondary N) is 1. The minimum absolute atomic E-state index is 0.0336. The first kappa shape index (κ1) is 23.3. The molecule has 1 amide bonds. The second kappa shape index (κ2) is 9.52. The molecule has 3 aromatic carbocycles. The van der Waals surface area contributed by atoms with Gasteiger partial charge in [-0.05, 0) is 60.5 Å². The minimum atomic E-state index is -4.09. The van der Waals surface area contributed by atoms with E-state index in [1.54, 1.807) is 67.8 Å². The maximum atomic E-state index is 13.4. The molecule has 0 unspecified atom stereocenters. The van der Waals surface area contributed by atoms with Crippen molar-refractivity contribution in [1.82, 2.24) is 4.57 Å². The van der Waals surface area contributed by atoms with Gasteiger partial charge in [-0.3, -0.25) is 9.59 Å². The van der Waals surface area contributed by atoms with Gasteiger partial charge in [-0.15, -0.1) is 0 Å². The van der Waals surface area contributed by atoms with Gasteiger partial charge in [-0.25, -0.2) is 8.42 Å². The summed E-state index contributed by atoms with van der Waals surface area (Å²) >= 11 is 0. The molecule has 0 saturated heterocycles. The van der Waals surface area contributed by atoms with E-state index in [4.69, 9.17) is 4.74 Å². The van der Waals surface area contributed by atoms with Crippen LogP contribution >= 0.6 is 0 Å². The molecule has 1 N–H and O–H groups in total. The van der Waals surface area contributed by atoms with Crippen molar-refractivity contribution in [3.05, 3.63) is 94.8 Å². The Morgan fingerprint density at radius 3 is 2.29 bits per heavy atom. The molecule has 1 aromatic heterocycles. The van der Waals surface area contributed by atoms with Gasteiger partial charge >= 0.3 is 0 Å². The van der Waals surface area contributed by atoms with E-state index in [1.807, 2.05) is 6.92 Å². The lowest BCUT2D eigenvalue weighted by Gasteiger charge is -2.14. The summed E-state index contributed by atoms with van der Waals surface area (Å²) in [5, 5.41) is 3.01. The summed E-state index contributed by atoms with van der Waals surface area (Å²) in [6, 6.07) is 20.0. The zero-order chi connectivity index (χ0) is 24.3. The number of aryl methyl sites for hydroxylation is 1. The molecule has 4 aromatic rings. The van der Waals surface area contributed by atoms with Crippen molar-refractivity contribution in [3.63, 3.8) is 0 Å². The van der Waals surface area contributed by atoms with Crippen LogP contribution in [0.5, 0.6) is 5.75 Å². The van der Waals surface area contributed by atoms with Gasteiger partial charge in [0.1, 0.15) is 17.2 Å². The highest BCUT2D eigenvalue weighted by Crippen LogP contribution is 2.22. The number of carbonyl (C=O) groups is 1. The first-order valence-electron chi connectivity index (χ1n) is 10.7. The summed E-state index contributed by atoms with van der Waals surface area (Å²) in [5.74, 6) is 0.292. The van der Waals surface area contributed by atoms with E-state index in [-0.39, 0.29) is 27.6 Å². The average Bonchev–Trinajstić information content (AvgIpc) is 2.86. The average molecular weight is 477 g/mol. The number of carbonyl (C=O) groups excluding carboxylic acids is 1. The number of pyridine rings is 1. The van der Waals surface area contributed by atoms with E-state index in [1.165, 1.54) is 22.9 Å². The lowest BCUT2D eigenvalue weighted by molar-refractivity contribution is -0.116. The summed E-state index contributed by atoms with van der Waals surface area (Å²) in [7, 11) is -2.54. The van der Waals surface area contributed by atoms with Gasteiger partial charge in [0.25, 0.3) is 0 Å². The fourth-order valence-electron chi connectivity index (χ4n) is 3.70. The van der Waals surface area contributed by atoms with E-state index in [0.717, 1.165) is 12.0 Å². The molecule has 34 heavy (non-hydrogen) atoms. The van der Waals surface area contributed by atoms with Crippen LogP contribution in [0.15, 0.2) is 93.6 Å². The second-order valence-corrected chi connectivity index (χ2v) is 9.66. The Hall–Kier alpha value is -3.91. The van der Waals surface area contributed by atoms with Crippen molar-refractivity contribution in [2.75, 3.05) is 12.4 Å². The summed E-state index contributed by atoms with van der Waals surface area (Å²) in [6.07, 6.45) is 2.02. The summed E-state index contributed by atoms with van der Waals surface area (Å²) in [5.41, 5.74) is 1.43. The number of ether oxygens (including phenoxy) is 1. The number of anilines is 1. The number of nitrogens with zero attached hydrogens (tertiary/aromatic N) is 1. The molecule has 0 aliphatic heterocycles. The van der Waals surface area contributed by atoms with E-state index in [2.05, 4.69) is 5.32 Å². The molecule has 0 aliphatic rings. The Balaban J connectivity index is 1.74. The van der Waals surface area contributed by atoms with Gasteiger partial charge < -0.3 is 14.6 Å². The van der Waals surface area contributed by atoms with E-state index < -0.39 is 15.3 Å². The van der Waals surface area contributed by atoms with Crippen molar-refractivity contribution >= 4 is 32.3 Å². The number of benzene rings is 3. The van der Waals surface area contributed by atoms with Crippen molar-refractivity contribution < 1.29 is 17.9 Å². The predicted molar refractivity (Wildman–Crippen MR) is 131 cm³/mol. The highest BCUT2D eigenvalue weighted by Gasteiger charge is 2.24. The normalized spacial score (nSPS) is 11.4. The fraction of sp³-hybridized carbons (Fsp3) is 0.154. The molecule has 0 bridgehead atoms. The zero-order valence-corrected chi connectivity index (χ0v) is 19.6. The predicted octanol–water partition coefficient (Wildman–Crippen LogP) is 4.04. The van der Waals surface area contributed by atoms with Gasteiger partial charge in [-0.2, -0.15) is 0 Å². The molecule has 0 atom stereocenters. The number of methoxy groups -OCH3 is 1. The molecule has 174 valence electrons. The Kier molecular flexibility index (Phi) is 6.51. The topological polar surface area (TPSA) is 94.5 Å². The van der Waals surface area contributed by atoms with Crippen molar-refractivity contribution in [2.24, 2.45) is 0 Å². The highest BCUT2D eigenvalue weighted by atomic mass is 32.2. The number of hydrogen-bond acceptors (Lipinski definition) is 5. The Labute approximate surface area is 197 Å². The van der Waals surface area contributed by atoms with Gasteiger partial charge in [0, 0.05) is 17.3 Å². The smallest absolute Gasteiger partial charge is 0.244 e. The molecule has 0 spiro atoms. The summed E-state index contributed by atoms with van der Waals surface area (Å²) in [4.78, 5) is 25.6. The maximum Gasteiger partial charge on any atom is 0.244 e. The number of amides is 1. The van der Waals surface area contributed by atoms with Crippen LogP contribution in [0, 0.1) is 0 Å². The number of sulfone groups is 1. The zero-order valence-electron chi connectivity index (χ0n) is 18.8. The fourth-order valence-corrected chi connectivity index (χ4v) is 5.07. The molecular weight excluding hydrogens is 452 g/mol. The standard InChI is InChI=1S/C26H24N2O5S/c1-3-18-8-14-21(15-9-18)34(31,32)24-16-28(23-7-5-4-6-22(23)26(24)30)17-25(29)27-19-10-12-20(33-2)13-11-19/h4-16H,3,17H2,1-2H3,(H,27,29). The van der Waals surface area contributed by atoms with Gasteiger partial charge in [0.15, 0.2) is 0 Å². The SMILES string of the molecule is CCc1ccc(S(=O)(=O)c2cn(CC(=O)Nc3ccc(OC)cc3)c3ccccc3c2=O)cc1. The number of rotatable bonds is 7. The third kappa shape index (κ3) is 4.58. The molecule has 4 rings (SSSR count). The maximum absolute atomic E-state index is 13.4. The minimum Gasteiger partial charge on any atom is -0.497 e. The third-order valence-electron chi connectivity index (χ3n) is 5.57. The molecule has 0 aliphatic carbocycles. The quantitative estimate of drug-likeness (QED) is 0.434. The van der Waals surface area contributed by atoms with Gasteiger partial charge in [-0.1, -0.05) is 31.2 Å². The molecule has 8 heteroatoms. The Morgan fingerprint density at radius 1 is 0.971 bits per heavy atom. The molecule has 0 radical (unpaired) electrons. The van der Waals surface area contributed by atoms with Crippen LogP contribution in [0.3, 0.4) is 0 Å².